The number of primary amides is 1. The molecule has 1 fully saturated rings. The molecule has 2 amide bonds. The molecule has 5 N–H and O–H groups in total. The van der Waals surface area contributed by atoms with Crippen molar-refractivity contribution in [1.29, 1.82) is 0 Å². The van der Waals surface area contributed by atoms with Gasteiger partial charge >= 0.3 is 0 Å². The van der Waals surface area contributed by atoms with Gasteiger partial charge in [0.1, 0.15) is 0 Å². The lowest BCUT2D eigenvalue weighted by Gasteiger charge is -2.29. The van der Waals surface area contributed by atoms with E-state index in [1.807, 2.05) is 6.92 Å². The first-order valence-corrected chi connectivity index (χ1v) is 8.04. The number of hydrogen-bond acceptors (Lipinski definition) is 6. The number of nitrogens with one attached hydrogen (secondary N) is 1. The standard InChI is InChI=1S/C17H25N3O5/c1-17(9-18,11-4-5-11)20-16(22)10-6-12(23-2)15(13(7-10)24-3)25-8-14(19)21/h6-7,11H,4-5,8-9,18H2,1-3H3,(H2,19,21)(H,20,22). The van der Waals surface area contributed by atoms with Crippen LogP contribution in [0.2, 0.25) is 0 Å². The first-order chi connectivity index (χ1) is 11.8. The molecule has 138 valence electrons. The number of benzene rings is 1. The highest BCUT2D eigenvalue weighted by molar-refractivity contribution is 5.96. The fraction of sp³-hybridized carbons (Fsp3) is 0.529. The Kier molecular flexibility index (Phi) is 5.73. The normalized spacial score (nSPS) is 15.8. The minimum atomic E-state index is -0.630. The summed E-state index contributed by atoms with van der Waals surface area (Å²) < 4.78 is 15.9. The summed E-state index contributed by atoms with van der Waals surface area (Å²) in [4.78, 5) is 23.6. The van der Waals surface area contributed by atoms with Gasteiger partial charge in [0.05, 0.1) is 19.8 Å². The second-order valence-corrected chi connectivity index (χ2v) is 6.31. The van der Waals surface area contributed by atoms with Crippen LogP contribution in [0.1, 0.15) is 30.1 Å². The Bertz CT molecular complexity index is 635. The molecule has 1 saturated carbocycles. The second-order valence-electron chi connectivity index (χ2n) is 6.31. The minimum absolute atomic E-state index is 0.212. The van der Waals surface area contributed by atoms with E-state index in [4.69, 9.17) is 25.7 Å². The molecule has 1 aromatic rings. The highest BCUT2D eigenvalue weighted by Gasteiger charge is 2.41. The number of amides is 2. The summed E-state index contributed by atoms with van der Waals surface area (Å²) >= 11 is 0. The van der Waals surface area contributed by atoms with Crippen LogP contribution in [-0.2, 0) is 4.79 Å². The predicted octanol–water partition coefficient (Wildman–Crippen LogP) is 0.425. The Labute approximate surface area is 146 Å². The molecular formula is C17H25N3O5. The average Bonchev–Trinajstić information content (AvgIpc) is 3.44. The van der Waals surface area contributed by atoms with Gasteiger partial charge < -0.3 is 31.0 Å². The van der Waals surface area contributed by atoms with Crippen LogP contribution in [0.15, 0.2) is 12.1 Å². The maximum atomic E-state index is 12.7. The topological polar surface area (TPSA) is 126 Å². The molecule has 8 nitrogen and oxygen atoms in total. The number of ether oxygens (including phenoxy) is 3. The summed E-state index contributed by atoms with van der Waals surface area (Å²) in [6.07, 6.45) is 2.11. The van der Waals surface area contributed by atoms with Crippen molar-refractivity contribution in [2.24, 2.45) is 17.4 Å². The maximum Gasteiger partial charge on any atom is 0.255 e. The molecule has 2 rings (SSSR count). The van der Waals surface area contributed by atoms with Gasteiger partial charge in [-0.15, -0.1) is 0 Å². The molecule has 25 heavy (non-hydrogen) atoms. The first kappa shape index (κ1) is 18.9. The predicted molar refractivity (Wildman–Crippen MR) is 91.9 cm³/mol. The summed E-state index contributed by atoms with van der Waals surface area (Å²) in [5.74, 6) is 0.234. The molecule has 1 aliphatic carbocycles. The van der Waals surface area contributed by atoms with Crippen molar-refractivity contribution in [2.75, 3.05) is 27.4 Å². The average molecular weight is 351 g/mol. The van der Waals surface area contributed by atoms with Crippen molar-refractivity contribution in [2.45, 2.75) is 25.3 Å². The van der Waals surface area contributed by atoms with Crippen LogP contribution in [-0.4, -0.2) is 44.7 Å². The van der Waals surface area contributed by atoms with Gasteiger partial charge in [-0.2, -0.15) is 0 Å². The third-order valence-corrected chi connectivity index (χ3v) is 4.38. The van der Waals surface area contributed by atoms with Crippen molar-refractivity contribution in [3.05, 3.63) is 17.7 Å². The van der Waals surface area contributed by atoms with Gasteiger partial charge in [0.15, 0.2) is 18.1 Å². The van der Waals surface area contributed by atoms with Crippen molar-refractivity contribution in [3.63, 3.8) is 0 Å². The molecule has 8 heteroatoms. The van der Waals surface area contributed by atoms with Crippen LogP contribution >= 0.6 is 0 Å². The van der Waals surface area contributed by atoms with E-state index >= 15 is 0 Å². The molecule has 0 saturated heterocycles. The molecule has 0 aliphatic heterocycles. The number of rotatable bonds is 9. The fourth-order valence-corrected chi connectivity index (χ4v) is 2.67. The first-order valence-electron chi connectivity index (χ1n) is 8.04. The molecule has 1 aromatic carbocycles. The SMILES string of the molecule is COc1cc(C(=O)NC(C)(CN)C2CC2)cc(OC)c1OCC(N)=O. The van der Waals surface area contributed by atoms with E-state index in [2.05, 4.69) is 5.32 Å². The molecular weight excluding hydrogens is 326 g/mol. The van der Waals surface area contributed by atoms with Gasteiger partial charge in [0, 0.05) is 12.1 Å². The molecule has 1 atom stereocenters. The molecule has 0 radical (unpaired) electrons. The lowest BCUT2D eigenvalue weighted by Crippen LogP contribution is -2.53. The van der Waals surface area contributed by atoms with Crippen LogP contribution < -0.4 is 31.0 Å². The van der Waals surface area contributed by atoms with E-state index in [1.54, 1.807) is 0 Å². The number of nitrogens with two attached hydrogens (primary N) is 2. The molecule has 1 unspecified atom stereocenters. The zero-order valence-electron chi connectivity index (χ0n) is 14.8. The Balaban J connectivity index is 2.28. The van der Waals surface area contributed by atoms with Gasteiger partial charge in [-0.25, -0.2) is 0 Å². The van der Waals surface area contributed by atoms with Crippen molar-refractivity contribution in [3.8, 4) is 17.2 Å². The molecule has 0 spiro atoms. The van der Waals surface area contributed by atoms with Gasteiger partial charge in [-0.05, 0) is 37.8 Å². The Morgan fingerprint density at radius 1 is 1.24 bits per heavy atom. The minimum Gasteiger partial charge on any atom is -0.493 e. The largest absolute Gasteiger partial charge is 0.493 e. The number of hydrogen-bond donors (Lipinski definition) is 3. The number of methoxy groups -OCH3 is 2. The van der Waals surface area contributed by atoms with Crippen LogP contribution in [0.25, 0.3) is 0 Å². The van der Waals surface area contributed by atoms with Crippen LogP contribution in [0, 0.1) is 5.92 Å². The summed E-state index contributed by atoms with van der Waals surface area (Å²) in [7, 11) is 2.86. The van der Waals surface area contributed by atoms with Gasteiger partial charge in [0.2, 0.25) is 5.75 Å². The Morgan fingerprint density at radius 2 is 1.80 bits per heavy atom. The van der Waals surface area contributed by atoms with Gasteiger partial charge in [0.25, 0.3) is 11.8 Å². The second kappa shape index (κ2) is 7.60. The van der Waals surface area contributed by atoms with Crippen LogP contribution in [0.4, 0.5) is 0 Å². The Hall–Kier alpha value is -2.48. The highest BCUT2D eigenvalue weighted by atomic mass is 16.5. The molecule has 0 bridgehead atoms. The monoisotopic (exact) mass is 351 g/mol. The number of carbonyl (C=O) groups is 2. The summed E-state index contributed by atoms with van der Waals surface area (Å²) in [6.45, 7) is 1.98. The third kappa shape index (κ3) is 4.33. The fourth-order valence-electron chi connectivity index (χ4n) is 2.67. The summed E-state index contributed by atoms with van der Waals surface area (Å²) in [6, 6.07) is 3.05. The lowest BCUT2D eigenvalue weighted by molar-refractivity contribution is -0.120. The van der Waals surface area contributed by atoms with E-state index in [-0.39, 0.29) is 29.8 Å². The highest BCUT2D eigenvalue weighted by Crippen LogP contribution is 2.40. The van der Waals surface area contributed by atoms with E-state index in [0.29, 0.717) is 18.0 Å². The zero-order chi connectivity index (χ0) is 18.6. The van der Waals surface area contributed by atoms with Gasteiger partial charge in [-0.1, -0.05) is 0 Å². The van der Waals surface area contributed by atoms with Gasteiger partial charge in [-0.3, -0.25) is 9.59 Å². The summed E-state index contributed by atoms with van der Waals surface area (Å²) in [5, 5.41) is 3.00. The van der Waals surface area contributed by atoms with Crippen molar-refractivity contribution < 1.29 is 23.8 Å². The van der Waals surface area contributed by atoms with E-state index in [9.17, 15) is 9.59 Å². The van der Waals surface area contributed by atoms with E-state index < -0.39 is 11.4 Å². The van der Waals surface area contributed by atoms with E-state index in [1.165, 1.54) is 26.4 Å². The third-order valence-electron chi connectivity index (χ3n) is 4.38. The maximum absolute atomic E-state index is 12.7. The quantitative estimate of drug-likeness (QED) is 0.592. The Morgan fingerprint density at radius 3 is 2.20 bits per heavy atom. The molecule has 0 heterocycles. The summed E-state index contributed by atoms with van der Waals surface area (Å²) in [5.41, 5.74) is 10.9. The lowest BCUT2D eigenvalue weighted by atomic mass is 9.95. The number of carbonyl (C=O) groups excluding carboxylic acids is 2. The van der Waals surface area contributed by atoms with Crippen molar-refractivity contribution in [1.82, 2.24) is 5.32 Å². The molecule has 1 aliphatic rings. The van der Waals surface area contributed by atoms with Crippen molar-refractivity contribution >= 4 is 11.8 Å². The van der Waals surface area contributed by atoms with Crippen LogP contribution in [0.3, 0.4) is 0 Å². The van der Waals surface area contributed by atoms with Crippen LogP contribution in [0.5, 0.6) is 17.2 Å². The zero-order valence-corrected chi connectivity index (χ0v) is 14.8. The van der Waals surface area contributed by atoms with E-state index in [0.717, 1.165) is 12.8 Å². The molecule has 0 aromatic heterocycles. The smallest absolute Gasteiger partial charge is 0.255 e.